The van der Waals surface area contributed by atoms with Crippen molar-refractivity contribution in [1.29, 1.82) is 0 Å². The third-order valence-corrected chi connectivity index (χ3v) is 3.54. The van der Waals surface area contributed by atoms with Crippen LogP contribution >= 0.6 is 0 Å². The Labute approximate surface area is 126 Å². The third-order valence-electron chi connectivity index (χ3n) is 3.54. The average molecular weight is 294 g/mol. The molecule has 0 radical (unpaired) electrons. The summed E-state index contributed by atoms with van der Waals surface area (Å²) in [6, 6.07) is 8.03. The number of rotatable bonds is 8. The molecule has 0 amide bonds. The second-order valence-corrected chi connectivity index (χ2v) is 5.15. The normalized spacial score (nSPS) is 15.0. The van der Waals surface area contributed by atoms with E-state index in [1.165, 1.54) is 0 Å². The van der Waals surface area contributed by atoms with E-state index in [1.807, 2.05) is 39.2 Å². The molecule has 0 fully saturated rings. The van der Waals surface area contributed by atoms with Crippen molar-refractivity contribution < 1.29 is 9.94 Å². The first-order chi connectivity index (χ1) is 10.0. The van der Waals surface area contributed by atoms with E-state index in [1.54, 1.807) is 7.11 Å². The van der Waals surface area contributed by atoms with Crippen LogP contribution in [-0.2, 0) is 0 Å². The van der Waals surface area contributed by atoms with Crippen LogP contribution in [0.25, 0.3) is 0 Å². The van der Waals surface area contributed by atoms with Crippen molar-refractivity contribution in [1.82, 2.24) is 10.2 Å². The molecule has 21 heavy (non-hydrogen) atoms. The van der Waals surface area contributed by atoms with Crippen molar-refractivity contribution in [2.75, 3.05) is 27.7 Å². The van der Waals surface area contributed by atoms with Gasteiger partial charge in [0.1, 0.15) is 5.75 Å². The monoisotopic (exact) mass is 294 g/mol. The number of benzene rings is 1. The number of oxime groups is 1. The van der Waals surface area contributed by atoms with E-state index in [0.717, 1.165) is 17.7 Å². The number of amidine groups is 1. The van der Waals surface area contributed by atoms with Crippen LogP contribution in [0.2, 0.25) is 0 Å². The SMILES string of the molecule is CCC(NCC(c1cccc(OC)c1)N(C)C)C(N)=NO. The topological polar surface area (TPSA) is 83.1 Å². The Bertz CT molecular complexity index is 463. The molecule has 1 aromatic rings. The molecule has 0 aliphatic heterocycles. The maximum Gasteiger partial charge on any atom is 0.156 e. The van der Waals surface area contributed by atoms with Gasteiger partial charge in [-0.1, -0.05) is 24.2 Å². The molecular weight excluding hydrogens is 268 g/mol. The van der Waals surface area contributed by atoms with Gasteiger partial charge in [-0.3, -0.25) is 0 Å². The Morgan fingerprint density at radius 3 is 2.71 bits per heavy atom. The fourth-order valence-electron chi connectivity index (χ4n) is 2.23. The van der Waals surface area contributed by atoms with E-state index >= 15 is 0 Å². The lowest BCUT2D eigenvalue weighted by molar-refractivity contribution is 0.281. The highest BCUT2D eigenvalue weighted by atomic mass is 16.5. The fourth-order valence-corrected chi connectivity index (χ4v) is 2.23. The lowest BCUT2D eigenvalue weighted by Gasteiger charge is -2.27. The maximum atomic E-state index is 8.79. The number of nitrogens with two attached hydrogens (primary N) is 1. The van der Waals surface area contributed by atoms with Crippen molar-refractivity contribution in [3.63, 3.8) is 0 Å². The number of methoxy groups -OCH3 is 1. The molecule has 6 nitrogen and oxygen atoms in total. The highest BCUT2D eigenvalue weighted by Gasteiger charge is 2.18. The van der Waals surface area contributed by atoms with Gasteiger partial charge in [-0.05, 0) is 38.2 Å². The molecule has 0 aromatic heterocycles. The minimum atomic E-state index is -0.136. The van der Waals surface area contributed by atoms with Crippen LogP contribution in [0.1, 0.15) is 24.9 Å². The van der Waals surface area contributed by atoms with Gasteiger partial charge in [-0.25, -0.2) is 0 Å². The summed E-state index contributed by atoms with van der Waals surface area (Å²) >= 11 is 0. The molecule has 2 unspecified atom stereocenters. The molecule has 0 aliphatic carbocycles. The molecule has 0 aliphatic rings. The number of ether oxygens (including phenoxy) is 1. The molecule has 0 spiro atoms. The number of hydrogen-bond acceptors (Lipinski definition) is 5. The molecule has 6 heteroatoms. The smallest absolute Gasteiger partial charge is 0.156 e. The van der Waals surface area contributed by atoms with Gasteiger partial charge in [0.05, 0.1) is 13.2 Å². The molecule has 1 rings (SSSR count). The zero-order valence-electron chi connectivity index (χ0n) is 13.2. The van der Waals surface area contributed by atoms with E-state index in [4.69, 9.17) is 15.7 Å². The first kappa shape index (κ1) is 17.3. The zero-order chi connectivity index (χ0) is 15.8. The molecule has 1 aromatic carbocycles. The van der Waals surface area contributed by atoms with Crippen LogP contribution in [0, 0.1) is 0 Å². The van der Waals surface area contributed by atoms with E-state index in [9.17, 15) is 0 Å². The molecular formula is C15H26N4O2. The van der Waals surface area contributed by atoms with Gasteiger partial charge in [0, 0.05) is 12.6 Å². The first-order valence-electron chi connectivity index (χ1n) is 7.04. The Hall–Kier alpha value is -1.79. The maximum absolute atomic E-state index is 8.79. The predicted octanol–water partition coefficient (Wildman–Crippen LogP) is 1.41. The standard InChI is InChI=1S/C15H26N4O2/c1-5-13(15(16)18-20)17-10-14(19(2)3)11-7-6-8-12(9-11)21-4/h6-9,13-14,17,20H,5,10H2,1-4H3,(H2,16,18). The van der Waals surface area contributed by atoms with Crippen LogP contribution < -0.4 is 15.8 Å². The summed E-state index contributed by atoms with van der Waals surface area (Å²) in [6.07, 6.45) is 0.758. The van der Waals surface area contributed by atoms with Gasteiger partial charge in [-0.2, -0.15) is 0 Å². The highest BCUT2D eigenvalue weighted by molar-refractivity contribution is 5.85. The fraction of sp³-hybridized carbons (Fsp3) is 0.533. The summed E-state index contributed by atoms with van der Waals surface area (Å²) in [7, 11) is 5.71. The number of hydrogen-bond donors (Lipinski definition) is 3. The van der Waals surface area contributed by atoms with Crippen LogP contribution in [-0.4, -0.2) is 49.7 Å². The van der Waals surface area contributed by atoms with Gasteiger partial charge in [-0.15, -0.1) is 0 Å². The summed E-state index contributed by atoms with van der Waals surface area (Å²) in [5.41, 5.74) is 6.83. The minimum Gasteiger partial charge on any atom is -0.497 e. The van der Waals surface area contributed by atoms with Gasteiger partial charge in [0.2, 0.25) is 0 Å². The number of nitrogens with one attached hydrogen (secondary N) is 1. The molecule has 2 atom stereocenters. The molecule has 118 valence electrons. The van der Waals surface area contributed by atoms with Gasteiger partial charge in [0.25, 0.3) is 0 Å². The van der Waals surface area contributed by atoms with Crippen LogP contribution in [0.15, 0.2) is 29.4 Å². The Kier molecular flexibility index (Phi) is 6.98. The number of nitrogens with zero attached hydrogens (tertiary/aromatic N) is 2. The van der Waals surface area contributed by atoms with Crippen molar-refractivity contribution in [3.8, 4) is 5.75 Å². The quantitative estimate of drug-likeness (QED) is 0.292. The van der Waals surface area contributed by atoms with Crippen molar-refractivity contribution in [2.45, 2.75) is 25.4 Å². The van der Waals surface area contributed by atoms with E-state index in [2.05, 4.69) is 21.4 Å². The largest absolute Gasteiger partial charge is 0.497 e. The Morgan fingerprint density at radius 2 is 2.19 bits per heavy atom. The Morgan fingerprint density at radius 1 is 1.48 bits per heavy atom. The minimum absolute atomic E-state index is 0.136. The summed E-state index contributed by atoms with van der Waals surface area (Å²) in [5.74, 6) is 1.04. The lowest BCUT2D eigenvalue weighted by Crippen LogP contribution is -2.44. The molecule has 4 N–H and O–H groups in total. The second-order valence-electron chi connectivity index (χ2n) is 5.15. The van der Waals surface area contributed by atoms with Crippen molar-refractivity contribution >= 4 is 5.84 Å². The lowest BCUT2D eigenvalue weighted by atomic mass is 10.0. The van der Waals surface area contributed by atoms with E-state index in [-0.39, 0.29) is 17.9 Å². The van der Waals surface area contributed by atoms with Gasteiger partial charge < -0.3 is 25.9 Å². The van der Waals surface area contributed by atoms with Gasteiger partial charge in [0.15, 0.2) is 5.84 Å². The van der Waals surface area contributed by atoms with Crippen molar-refractivity contribution in [3.05, 3.63) is 29.8 Å². The van der Waals surface area contributed by atoms with Gasteiger partial charge >= 0.3 is 0 Å². The van der Waals surface area contributed by atoms with Crippen LogP contribution in [0.4, 0.5) is 0 Å². The van der Waals surface area contributed by atoms with E-state index in [0.29, 0.717) is 6.54 Å². The second kappa shape index (κ2) is 8.49. The third kappa shape index (κ3) is 4.91. The summed E-state index contributed by atoms with van der Waals surface area (Å²) in [5, 5.41) is 15.2. The summed E-state index contributed by atoms with van der Waals surface area (Å²) in [4.78, 5) is 2.13. The summed E-state index contributed by atoms with van der Waals surface area (Å²) < 4.78 is 5.28. The van der Waals surface area contributed by atoms with E-state index < -0.39 is 0 Å². The summed E-state index contributed by atoms with van der Waals surface area (Å²) in [6.45, 7) is 2.68. The van der Waals surface area contributed by atoms with Crippen molar-refractivity contribution in [2.24, 2.45) is 10.9 Å². The molecule has 0 saturated heterocycles. The first-order valence-corrected chi connectivity index (χ1v) is 7.04. The number of likely N-dealkylation sites (N-methyl/N-ethyl adjacent to an activating group) is 1. The molecule has 0 heterocycles. The van der Waals surface area contributed by atoms with Crippen LogP contribution in [0.3, 0.4) is 0 Å². The predicted molar refractivity (Wildman–Crippen MR) is 84.9 cm³/mol. The molecule has 0 saturated carbocycles. The average Bonchev–Trinajstić information content (AvgIpc) is 2.50. The molecule has 0 bridgehead atoms. The van der Waals surface area contributed by atoms with Crippen LogP contribution in [0.5, 0.6) is 5.75 Å². The Balaban J connectivity index is 2.82. The zero-order valence-corrected chi connectivity index (χ0v) is 13.2. The highest BCUT2D eigenvalue weighted by Crippen LogP contribution is 2.22.